The second-order valence-electron chi connectivity index (χ2n) is 9.07. The normalized spacial score (nSPS) is 11.1. The molecule has 0 amide bonds. The van der Waals surface area contributed by atoms with Crippen LogP contribution < -0.4 is 10.5 Å². The number of nitrogens with zero attached hydrogens (tertiary/aromatic N) is 3. The maximum atomic E-state index is 13.2. The number of H-pyrrole nitrogens is 1. The molecule has 0 fully saturated rings. The lowest BCUT2D eigenvalue weighted by atomic mass is 9.94. The Labute approximate surface area is 213 Å². The molecule has 6 rings (SSSR count). The zero-order chi connectivity index (χ0) is 25.5. The highest BCUT2D eigenvalue weighted by Crippen LogP contribution is 2.37. The fraction of sp³-hybridized carbons (Fsp3) is 0.0645. The van der Waals surface area contributed by atoms with E-state index in [9.17, 15) is 10.1 Å². The Bertz CT molecular complexity index is 1890. The summed E-state index contributed by atoms with van der Waals surface area (Å²) in [7, 11) is 3.87. The number of hydrogen-bond donors (Lipinski definition) is 1. The summed E-state index contributed by atoms with van der Waals surface area (Å²) in [5.74, 6) is 0. The Morgan fingerprint density at radius 1 is 0.892 bits per heavy atom. The van der Waals surface area contributed by atoms with E-state index in [4.69, 9.17) is 9.40 Å². The van der Waals surface area contributed by atoms with Gasteiger partial charge in [0.2, 0.25) is 0 Å². The van der Waals surface area contributed by atoms with Gasteiger partial charge in [-0.2, -0.15) is 5.26 Å². The minimum Gasteiger partial charge on any atom is -0.422 e. The van der Waals surface area contributed by atoms with Crippen LogP contribution >= 0.6 is 0 Å². The Balaban J connectivity index is 1.65. The molecule has 0 aliphatic heterocycles. The van der Waals surface area contributed by atoms with Crippen molar-refractivity contribution in [1.29, 1.82) is 5.26 Å². The van der Waals surface area contributed by atoms with Crippen LogP contribution in [0, 0.1) is 11.3 Å². The van der Waals surface area contributed by atoms with Crippen molar-refractivity contribution in [3.8, 4) is 39.7 Å². The standard InChI is InChI=1S/C31H22N4O2/c1-35(2)21-13-12-20-14-24(31(36)37-29(20)15-21)28-16-23(19-8-4-3-5-9-19)25(17-32)30(34-28)26-18-33-27-11-7-6-10-22(26)27/h3-16,18,33H,1-2H3. The van der Waals surface area contributed by atoms with Crippen molar-refractivity contribution in [2.45, 2.75) is 0 Å². The summed E-state index contributed by atoms with van der Waals surface area (Å²) >= 11 is 0. The third-order valence-corrected chi connectivity index (χ3v) is 6.57. The van der Waals surface area contributed by atoms with Gasteiger partial charge in [-0.15, -0.1) is 0 Å². The van der Waals surface area contributed by atoms with Crippen LogP contribution in [0.4, 0.5) is 5.69 Å². The van der Waals surface area contributed by atoms with E-state index >= 15 is 0 Å². The number of nitriles is 1. The molecule has 6 heteroatoms. The van der Waals surface area contributed by atoms with Crippen molar-refractivity contribution in [1.82, 2.24) is 9.97 Å². The van der Waals surface area contributed by atoms with E-state index in [1.807, 2.05) is 104 Å². The molecule has 0 atom stereocenters. The van der Waals surface area contributed by atoms with Crippen LogP contribution in [-0.2, 0) is 0 Å². The molecule has 0 saturated carbocycles. The van der Waals surface area contributed by atoms with Crippen molar-refractivity contribution < 1.29 is 4.42 Å². The monoisotopic (exact) mass is 482 g/mol. The van der Waals surface area contributed by atoms with Gasteiger partial charge in [-0.1, -0.05) is 48.5 Å². The number of nitrogens with one attached hydrogen (secondary N) is 1. The smallest absolute Gasteiger partial charge is 0.345 e. The molecule has 0 aliphatic rings. The third kappa shape index (κ3) is 3.83. The van der Waals surface area contributed by atoms with Crippen LogP contribution in [0.1, 0.15) is 5.56 Å². The van der Waals surface area contributed by atoms with Gasteiger partial charge in [-0.05, 0) is 35.9 Å². The first kappa shape index (κ1) is 22.3. The van der Waals surface area contributed by atoms with Crippen molar-refractivity contribution in [2.75, 3.05) is 19.0 Å². The summed E-state index contributed by atoms with van der Waals surface area (Å²) in [6, 6.07) is 29.3. The van der Waals surface area contributed by atoms with Gasteiger partial charge in [-0.3, -0.25) is 0 Å². The van der Waals surface area contributed by atoms with Gasteiger partial charge >= 0.3 is 5.63 Å². The fourth-order valence-electron chi connectivity index (χ4n) is 4.66. The van der Waals surface area contributed by atoms with E-state index in [-0.39, 0.29) is 0 Å². The van der Waals surface area contributed by atoms with E-state index in [0.717, 1.165) is 33.1 Å². The number of benzene rings is 3. The molecule has 1 N–H and O–H groups in total. The first-order chi connectivity index (χ1) is 18.0. The molecule has 0 radical (unpaired) electrons. The molecular weight excluding hydrogens is 460 g/mol. The average Bonchev–Trinajstić information content (AvgIpc) is 3.36. The molecule has 37 heavy (non-hydrogen) atoms. The second kappa shape index (κ2) is 8.81. The fourth-order valence-corrected chi connectivity index (χ4v) is 4.66. The van der Waals surface area contributed by atoms with Crippen LogP contribution in [0.3, 0.4) is 0 Å². The maximum Gasteiger partial charge on any atom is 0.345 e. The number of rotatable bonds is 4. The predicted molar refractivity (Wildman–Crippen MR) is 147 cm³/mol. The average molecular weight is 483 g/mol. The van der Waals surface area contributed by atoms with Gasteiger partial charge in [0, 0.05) is 59.5 Å². The molecule has 3 heterocycles. The molecule has 0 spiro atoms. The number of para-hydroxylation sites is 1. The van der Waals surface area contributed by atoms with Crippen molar-refractivity contribution in [2.24, 2.45) is 0 Å². The highest BCUT2D eigenvalue weighted by molar-refractivity contribution is 5.98. The zero-order valence-corrected chi connectivity index (χ0v) is 20.3. The van der Waals surface area contributed by atoms with Crippen molar-refractivity contribution in [3.05, 3.63) is 107 Å². The number of hydrogen-bond acceptors (Lipinski definition) is 5. The molecule has 3 aromatic heterocycles. The van der Waals surface area contributed by atoms with Crippen LogP contribution in [0.5, 0.6) is 0 Å². The van der Waals surface area contributed by atoms with Crippen LogP contribution in [0.2, 0.25) is 0 Å². The molecule has 6 aromatic rings. The molecule has 0 unspecified atom stereocenters. The molecule has 3 aromatic carbocycles. The number of pyridine rings is 1. The lowest BCUT2D eigenvalue weighted by molar-refractivity contribution is 0.563. The number of anilines is 1. The van der Waals surface area contributed by atoms with E-state index < -0.39 is 5.63 Å². The van der Waals surface area contributed by atoms with E-state index in [1.165, 1.54) is 0 Å². The van der Waals surface area contributed by atoms with Crippen molar-refractivity contribution in [3.63, 3.8) is 0 Å². The van der Waals surface area contributed by atoms with Gasteiger partial charge in [0.25, 0.3) is 0 Å². The Kier molecular flexibility index (Phi) is 5.32. The molecule has 178 valence electrons. The first-order valence-electron chi connectivity index (χ1n) is 11.9. The third-order valence-electron chi connectivity index (χ3n) is 6.57. The molecule has 0 saturated heterocycles. The van der Waals surface area contributed by atoms with Gasteiger partial charge in [-0.25, -0.2) is 9.78 Å². The quantitative estimate of drug-likeness (QED) is 0.286. The van der Waals surface area contributed by atoms with E-state index in [1.54, 1.807) is 6.07 Å². The zero-order valence-electron chi connectivity index (χ0n) is 20.3. The van der Waals surface area contributed by atoms with Crippen LogP contribution in [0.15, 0.2) is 100 Å². The highest BCUT2D eigenvalue weighted by Gasteiger charge is 2.21. The SMILES string of the molecule is CN(C)c1ccc2cc(-c3cc(-c4ccccc4)c(C#N)c(-c4c[nH]c5ccccc45)n3)c(=O)oc2c1. The summed E-state index contributed by atoms with van der Waals surface area (Å²) in [6.45, 7) is 0. The number of fused-ring (bicyclic) bond motifs is 2. The largest absolute Gasteiger partial charge is 0.422 e. The van der Waals surface area contributed by atoms with Gasteiger partial charge in [0.05, 0.1) is 22.5 Å². The predicted octanol–water partition coefficient (Wildman–Crippen LogP) is 6.61. The summed E-state index contributed by atoms with van der Waals surface area (Å²) in [5.41, 5.74) is 6.02. The summed E-state index contributed by atoms with van der Waals surface area (Å²) in [4.78, 5) is 23.4. The Morgan fingerprint density at radius 2 is 1.68 bits per heavy atom. The lowest BCUT2D eigenvalue weighted by Gasteiger charge is -2.14. The molecular formula is C31H22N4O2. The van der Waals surface area contributed by atoms with Crippen LogP contribution in [0.25, 0.3) is 55.5 Å². The molecule has 0 aliphatic carbocycles. The van der Waals surface area contributed by atoms with Crippen molar-refractivity contribution >= 4 is 27.6 Å². The Hall–Kier alpha value is -5.15. The van der Waals surface area contributed by atoms with E-state index in [0.29, 0.717) is 33.7 Å². The minimum absolute atomic E-state index is 0.341. The molecule has 6 nitrogen and oxygen atoms in total. The van der Waals surface area contributed by atoms with Gasteiger partial charge < -0.3 is 14.3 Å². The van der Waals surface area contributed by atoms with E-state index in [2.05, 4.69) is 11.1 Å². The van der Waals surface area contributed by atoms with Crippen LogP contribution in [-0.4, -0.2) is 24.1 Å². The number of aromatic amines is 1. The second-order valence-corrected chi connectivity index (χ2v) is 9.07. The van der Waals surface area contributed by atoms with Gasteiger partial charge in [0.1, 0.15) is 11.7 Å². The molecule has 0 bridgehead atoms. The summed E-state index contributed by atoms with van der Waals surface area (Å²) in [5, 5.41) is 12.0. The highest BCUT2D eigenvalue weighted by atomic mass is 16.4. The maximum absolute atomic E-state index is 13.2. The van der Waals surface area contributed by atoms with Gasteiger partial charge in [0.15, 0.2) is 0 Å². The Morgan fingerprint density at radius 3 is 2.46 bits per heavy atom. The topological polar surface area (TPSA) is 85.9 Å². The summed E-state index contributed by atoms with van der Waals surface area (Å²) in [6.07, 6.45) is 1.86. The summed E-state index contributed by atoms with van der Waals surface area (Å²) < 4.78 is 5.75. The minimum atomic E-state index is -0.482. The number of aromatic nitrogens is 2. The lowest BCUT2D eigenvalue weighted by Crippen LogP contribution is -2.09. The first-order valence-corrected chi connectivity index (χ1v) is 11.9.